The highest BCUT2D eigenvalue weighted by Crippen LogP contribution is 2.33. The Morgan fingerprint density at radius 3 is 2.45 bits per heavy atom. The predicted molar refractivity (Wildman–Crippen MR) is 123 cm³/mol. The summed E-state index contributed by atoms with van der Waals surface area (Å²) < 4.78 is 0. The van der Waals surface area contributed by atoms with Gasteiger partial charge in [-0.2, -0.15) is 0 Å². The summed E-state index contributed by atoms with van der Waals surface area (Å²) in [6.07, 6.45) is 3.67. The van der Waals surface area contributed by atoms with E-state index in [-0.39, 0.29) is 11.8 Å². The molecule has 0 radical (unpaired) electrons. The summed E-state index contributed by atoms with van der Waals surface area (Å²) in [7, 11) is 0. The summed E-state index contributed by atoms with van der Waals surface area (Å²) in [5, 5.41) is 6.41. The number of nitrogens with one attached hydrogen (secondary N) is 2. The molecule has 148 valence electrons. The first-order valence-corrected chi connectivity index (χ1v) is 10.4. The third kappa shape index (κ3) is 5.34. The average Bonchev–Trinajstić information content (AvgIpc) is 3.18. The lowest BCUT2D eigenvalue weighted by molar-refractivity contribution is -0.116. The van der Waals surface area contributed by atoms with Crippen LogP contribution in [0, 0.1) is 6.92 Å². The summed E-state index contributed by atoms with van der Waals surface area (Å²) in [5.74, 6) is -0.303. The van der Waals surface area contributed by atoms with E-state index in [4.69, 9.17) is 11.6 Å². The van der Waals surface area contributed by atoms with E-state index in [0.29, 0.717) is 22.8 Å². The Kier molecular flexibility index (Phi) is 6.86. The average molecular weight is 425 g/mol. The van der Waals surface area contributed by atoms with Gasteiger partial charge in [-0.1, -0.05) is 42.8 Å². The van der Waals surface area contributed by atoms with Crippen LogP contribution in [-0.2, 0) is 9.59 Å². The van der Waals surface area contributed by atoms with Gasteiger partial charge in [0.05, 0.1) is 0 Å². The van der Waals surface area contributed by atoms with Crippen molar-refractivity contribution in [1.82, 2.24) is 0 Å². The molecule has 0 aliphatic carbocycles. The molecular formula is C23H21ClN2O2S. The molecule has 1 aromatic heterocycles. The van der Waals surface area contributed by atoms with E-state index in [9.17, 15) is 9.59 Å². The molecule has 1 heterocycles. The van der Waals surface area contributed by atoms with Crippen LogP contribution in [0.5, 0.6) is 0 Å². The molecule has 0 saturated carbocycles. The monoisotopic (exact) mass is 424 g/mol. The molecule has 2 amide bonds. The van der Waals surface area contributed by atoms with Gasteiger partial charge in [0.1, 0.15) is 0 Å². The molecule has 0 aliphatic heterocycles. The topological polar surface area (TPSA) is 58.2 Å². The first kappa shape index (κ1) is 20.8. The fourth-order valence-electron chi connectivity index (χ4n) is 2.73. The van der Waals surface area contributed by atoms with Crippen molar-refractivity contribution in [3.8, 4) is 10.4 Å². The van der Waals surface area contributed by atoms with Crippen molar-refractivity contribution in [3.05, 3.63) is 76.1 Å². The van der Waals surface area contributed by atoms with Crippen LogP contribution in [0.25, 0.3) is 16.5 Å². The molecule has 4 nitrogen and oxygen atoms in total. The molecule has 0 fully saturated rings. The van der Waals surface area contributed by atoms with E-state index in [1.54, 1.807) is 30.4 Å². The Morgan fingerprint density at radius 1 is 1.00 bits per heavy atom. The Bertz CT molecular complexity index is 1070. The molecule has 0 unspecified atom stereocenters. The number of amides is 2. The van der Waals surface area contributed by atoms with E-state index in [1.807, 2.05) is 55.5 Å². The Hall–Kier alpha value is -2.89. The smallest absolute Gasteiger partial charge is 0.248 e. The highest BCUT2D eigenvalue weighted by molar-refractivity contribution is 7.16. The zero-order chi connectivity index (χ0) is 20.8. The minimum Gasteiger partial charge on any atom is -0.326 e. The van der Waals surface area contributed by atoms with E-state index >= 15 is 0 Å². The molecule has 29 heavy (non-hydrogen) atoms. The van der Waals surface area contributed by atoms with Gasteiger partial charge in [-0.05, 0) is 48.9 Å². The van der Waals surface area contributed by atoms with Crippen molar-refractivity contribution in [2.45, 2.75) is 20.3 Å². The highest BCUT2D eigenvalue weighted by atomic mass is 35.5. The number of halogens is 1. The van der Waals surface area contributed by atoms with Gasteiger partial charge in [-0.15, -0.1) is 11.3 Å². The Balaban J connectivity index is 1.69. The van der Waals surface area contributed by atoms with Crippen molar-refractivity contribution in [1.29, 1.82) is 0 Å². The third-order valence-corrected chi connectivity index (χ3v) is 5.77. The van der Waals surface area contributed by atoms with E-state index < -0.39 is 0 Å². The summed E-state index contributed by atoms with van der Waals surface area (Å²) >= 11 is 7.82. The maximum absolute atomic E-state index is 12.4. The van der Waals surface area contributed by atoms with E-state index in [1.165, 1.54) is 6.08 Å². The fourth-order valence-corrected chi connectivity index (χ4v) is 3.97. The third-order valence-electron chi connectivity index (χ3n) is 4.35. The van der Waals surface area contributed by atoms with Gasteiger partial charge in [0.15, 0.2) is 0 Å². The normalized spacial score (nSPS) is 10.9. The van der Waals surface area contributed by atoms with Crippen molar-refractivity contribution in [2.24, 2.45) is 0 Å². The van der Waals surface area contributed by atoms with Crippen molar-refractivity contribution < 1.29 is 9.59 Å². The quantitative estimate of drug-likeness (QED) is 0.451. The lowest BCUT2D eigenvalue weighted by Crippen LogP contribution is -2.13. The van der Waals surface area contributed by atoms with E-state index in [2.05, 4.69) is 10.6 Å². The number of hydrogen-bond acceptors (Lipinski definition) is 3. The SMILES string of the molecule is CCC(=O)Nc1cccc(NC(=O)C=Cc2ccc(-c3ccccc3Cl)s2)c1C. The second-order valence-electron chi connectivity index (χ2n) is 6.38. The molecule has 3 rings (SSSR count). The molecule has 0 saturated heterocycles. The summed E-state index contributed by atoms with van der Waals surface area (Å²) in [4.78, 5) is 26.0. The van der Waals surface area contributed by atoms with Crippen LogP contribution in [0.1, 0.15) is 23.8 Å². The van der Waals surface area contributed by atoms with Gasteiger partial charge in [-0.3, -0.25) is 9.59 Å². The molecular weight excluding hydrogens is 404 g/mol. The number of thiophene rings is 1. The molecule has 0 aliphatic rings. The minimum absolute atomic E-state index is 0.0662. The van der Waals surface area contributed by atoms with Crippen LogP contribution < -0.4 is 10.6 Å². The summed E-state index contributed by atoms with van der Waals surface area (Å²) in [5.41, 5.74) is 3.15. The molecule has 0 atom stereocenters. The summed E-state index contributed by atoms with van der Waals surface area (Å²) in [6.45, 7) is 3.66. The highest BCUT2D eigenvalue weighted by Gasteiger charge is 2.09. The first-order chi connectivity index (χ1) is 14.0. The van der Waals surface area contributed by atoms with E-state index in [0.717, 1.165) is 20.9 Å². The molecule has 3 aromatic rings. The largest absolute Gasteiger partial charge is 0.326 e. The molecule has 0 bridgehead atoms. The van der Waals surface area contributed by atoms with Crippen LogP contribution in [-0.4, -0.2) is 11.8 Å². The predicted octanol–water partition coefficient (Wildman–Crippen LogP) is 6.38. The van der Waals surface area contributed by atoms with Crippen molar-refractivity contribution >= 4 is 52.2 Å². The van der Waals surface area contributed by atoms with Crippen molar-refractivity contribution in [2.75, 3.05) is 10.6 Å². The number of rotatable bonds is 6. The number of anilines is 2. The fraction of sp³-hybridized carbons (Fsp3) is 0.130. The maximum atomic E-state index is 12.4. The number of benzene rings is 2. The number of carbonyl (C=O) groups excluding carboxylic acids is 2. The molecule has 6 heteroatoms. The van der Waals surface area contributed by atoms with Gasteiger partial charge < -0.3 is 10.6 Å². The number of hydrogen-bond donors (Lipinski definition) is 2. The first-order valence-electron chi connectivity index (χ1n) is 9.21. The lowest BCUT2D eigenvalue weighted by atomic mass is 10.1. The molecule has 0 spiro atoms. The molecule has 2 N–H and O–H groups in total. The minimum atomic E-state index is -0.236. The standard InChI is InChI=1S/C23H21ClN2O2S/c1-3-22(27)25-19-9-6-10-20(15(19)2)26-23(28)14-12-16-11-13-21(29-16)17-7-4-5-8-18(17)24/h4-14H,3H2,1-2H3,(H,25,27)(H,26,28). The van der Waals surface area contributed by atoms with Crippen LogP contribution >= 0.6 is 22.9 Å². The van der Waals surface area contributed by atoms with Crippen molar-refractivity contribution in [3.63, 3.8) is 0 Å². The van der Waals surface area contributed by atoms with Crippen LogP contribution in [0.3, 0.4) is 0 Å². The van der Waals surface area contributed by atoms with Gasteiger partial charge in [0.25, 0.3) is 0 Å². The van der Waals surface area contributed by atoms with Crippen LogP contribution in [0.2, 0.25) is 5.02 Å². The summed E-state index contributed by atoms with van der Waals surface area (Å²) in [6, 6.07) is 17.1. The van der Waals surface area contributed by atoms with Gasteiger partial charge in [0.2, 0.25) is 11.8 Å². The Labute approximate surface area is 179 Å². The van der Waals surface area contributed by atoms with Crippen LogP contribution in [0.4, 0.5) is 11.4 Å². The van der Waals surface area contributed by atoms with Crippen LogP contribution in [0.15, 0.2) is 60.7 Å². The van der Waals surface area contributed by atoms with Gasteiger partial charge >= 0.3 is 0 Å². The molecule has 2 aromatic carbocycles. The second-order valence-corrected chi connectivity index (χ2v) is 7.91. The lowest BCUT2D eigenvalue weighted by Gasteiger charge is -2.12. The van der Waals surface area contributed by atoms with Gasteiger partial charge in [-0.25, -0.2) is 0 Å². The maximum Gasteiger partial charge on any atom is 0.248 e. The zero-order valence-electron chi connectivity index (χ0n) is 16.2. The zero-order valence-corrected chi connectivity index (χ0v) is 17.7. The number of carbonyl (C=O) groups is 2. The van der Waals surface area contributed by atoms with Gasteiger partial charge in [0, 0.05) is 44.2 Å². The Morgan fingerprint density at radius 2 is 1.72 bits per heavy atom. The second kappa shape index (κ2) is 9.54.